The van der Waals surface area contributed by atoms with Crippen LogP contribution in [0.5, 0.6) is 5.75 Å². The second-order valence-electron chi connectivity index (χ2n) is 7.06. The first-order valence-corrected chi connectivity index (χ1v) is 12.1. The fourth-order valence-corrected chi connectivity index (χ4v) is 4.61. The number of halogens is 1. The Hall–Kier alpha value is -3.69. The lowest BCUT2D eigenvalue weighted by Gasteiger charge is -2.09. The van der Waals surface area contributed by atoms with E-state index in [1.54, 1.807) is 25.3 Å². The van der Waals surface area contributed by atoms with Gasteiger partial charge in [-0.2, -0.15) is 0 Å². The number of carbonyl (C=O) groups is 2. The van der Waals surface area contributed by atoms with E-state index in [-0.39, 0.29) is 23.4 Å². The lowest BCUT2D eigenvalue weighted by molar-refractivity contribution is -0.113. The molecule has 9 heteroatoms. The molecule has 0 saturated carbocycles. The highest BCUT2D eigenvalue weighted by molar-refractivity contribution is 8.00. The van der Waals surface area contributed by atoms with Crippen LogP contribution in [0.1, 0.15) is 10.4 Å². The fraction of sp³-hybridized carbons (Fsp3) is 0.0800. The smallest absolute Gasteiger partial charge is 0.258 e. The van der Waals surface area contributed by atoms with Gasteiger partial charge in [0.05, 0.1) is 24.1 Å². The zero-order valence-corrected chi connectivity index (χ0v) is 19.7. The summed E-state index contributed by atoms with van der Waals surface area (Å²) in [7, 11) is 1.61. The van der Waals surface area contributed by atoms with Gasteiger partial charge in [-0.05, 0) is 60.7 Å². The third-order valence-electron chi connectivity index (χ3n) is 4.73. The third-order valence-corrected chi connectivity index (χ3v) is 6.56. The summed E-state index contributed by atoms with van der Waals surface area (Å²) in [5, 5.41) is 7.90. The van der Waals surface area contributed by atoms with Crippen LogP contribution >= 0.6 is 23.1 Å². The molecule has 1 aromatic heterocycles. The van der Waals surface area contributed by atoms with Gasteiger partial charge in [0.15, 0.2) is 5.13 Å². The number of anilines is 2. The minimum Gasteiger partial charge on any atom is -0.497 e. The summed E-state index contributed by atoms with van der Waals surface area (Å²) < 4.78 is 18.2. The van der Waals surface area contributed by atoms with Gasteiger partial charge in [0.1, 0.15) is 11.6 Å². The molecule has 172 valence electrons. The molecule has 0 atom stereocenters. The highest BCUT2D eigenvalue weighted by atomic mass is 32.2. The molecule has 0 aliphatic rings. The number of benzene rings is 3. The Balaban J connectivity index is 1.39. The minimum absolute atomic E-state index is 0.0978. The van der Waals surface area contributed by atoms with E-state index in [4.69, 9.17) is 4.74 Å². The normalized spacial score (nSPS) is 10.5. The van der Waals surface area contributed by atoms with Crippen LogP contribution in [-0.4, -0.2) is 29.7 Å². The van der Waals surface area contributed by atoms with Crippen molar-refractivity contribution in [2.45, 2.75) is 4.90 Å². The van der Waals surface area contributed by atoms with Crippen LogP contribution in [0.3, 0.4) is 0 Å². The second kappa shape index (κ2) is 11.0. The van der Waals surface area contributed by atoms with Crippen molar-refractivity contribution in [2.75, 3.05) is 23.5 Å². The summed E-state index contributed by atoms with van der Waals surface area (Å²) in [5.41, 5.74) is 2.63. The molecular formula is C25H20FN3O3S2. The number of hydrogen-bond donors (Lipinski definition) is 2. The van der Waals surface area contributed by atoms with Crippen molar-refractivity contribution in [2.24, 2.45) is 0 Å². The first kappa shape index (κ1) is 23.5. The van der Waals surface area contributed by atoms with Gasteiger partial charge in [0, 0.05) is 21.5 Å². The number of nitrogens with one attached hydrogen (secondary N) is 2. The van der Waals surface area contributed by atoms with Crippen LogP contribution in [0.15, 0.2) is 83.1 Å². The summed E-state index contributed by atoms with van der Waals surface area (Å²) in [4.78, 5) is 30.4. The summed E-state index contributed by atoms with van der Waals surface area (Å²) in [6.07, 6.45) is 0. The summed E-state index contributed by atoms with van der Waals surface area (Å²) in [6, 6.07) is 20.1. The maximum Gasteiger partial charge on any atom is 0.258 e. The van der Waals surface area contributed by atoms with E-state index in [1.807, 2.05) is 35.7 Å². The van der Waals surface area contributed by atoms with Gasteiger partial charge in [-0.15, -0.1) is 23.1 Å². The molecule has 0 bridgehead atoms. The quantitative estimate of drug-likeness (QED) is 0.297. The van der Waals surface area contributed by atoms with Crippen LogP contribution in [0.4, 0.5) is 15.2 Å². The molecule has 0 aliphatic carbocycles. The topological polar surface area (TPSA) is 80.3 Å². The maximum atomic E-state index is 13.0. The van der Waals surface area contributed by atoms with Gasteiger partial charge in [-0.1, -0.05) is 12.1 Å². The van der Waals surface area contributed by atoms with Crippen molar-refractivity contribution in [3.8, 4) is 17.0 Å². The standard InChI is InChI=1S/C25H20FN3O3S2/c1-32-19-12-6-16(7-13-19)21-14-34-25(28-21)29-24(31)20-4-2-3-5-22(20)33-15-23(30)27-18-10-8-17(26)9-11-18/h2-14H,15H2,1H3,(H,27,30)(H,28,29,31). The van der Waals surface area contributed by atoms with Gasteiger partial charge < -0.3 is 10.1 Å². The zero-order valence-electron chi connectivity index (χ0n) is 18.1. The maximum absolute atomic E-state index is 13.0. The number of hydrogen-bond acceptors (Lipinski definition) is 6. The fourth-order valence-electron chi connectivity index (χ4n) is 3.04. The molecule has 34 heavy (non-hydrogen) atoms. The summed E-state index contributed by atoms with van der Waals surface area (Å²) in [5.74, 6) is -0.0780. The summed E-state index contributed by atoms with van der Waals surface area (Å²) >= 11 is 2.58. The molecule has 4 rings (SSSR count). The van der Waals surface area contributed by atoms with Crippen molar-refractivity contribution in [3.63, 3.8) is 0 Å². The molecule has 0 radical (unpaired) electrons. The average molecular weight is 494 g/mol. The van der Waals surface area contributed by atoms with Crippen LogP contribution in [-0.2, 0) is 4.79 Å². The van der Waals surface area contributed by atoms with Gasteiger partial charge in [0.2, 0.25) is 5.91 Å². The van der Waals surface area contributed by atoms with Gasteiger partial charge in [0.25, 0.3) is 5.91 Å². The third kappa shape index (κ3) is 6.00. The van der Waals surface area contributed by atoms with Crippen LogP contribution in [0, 0.1) is 5.82 Å². The van der Waals surface area contributed by atoms with E-state index < -0.39 is 0 Å². The Kier molecular flexibility index (Phi) is 7.56. The molecule has 0 saturated heterocycles. The van der Waals surface area contributed by atoms with Crippen molar-refractivity contribution in [1.29, 1.82) is 0 Å². The monoisotopic (exact) mass is 493 g/mol. The molecule has 6 nitrogen and oxygen atoms in total. The predicted molar refractivity (Wildman–Crippen MR) is 134 cm³/mol. The lowest BCUT2D eigenvalue weighted by Crippen LogP contribution is -2.15. The Morgan fingerprint density at radius 3 is 2.47 bits per heavy atom. The zero-order chi connectivity index (χ0) is 23.9. The van der Waals surface area contributed by atoms with E-state index in [9.17, 15) is 14.0 Å². The molecular weight excluding hydrogens is 473 g/mol. The SMILES string of the molecule is COc1ccc(-c2csc(NC(=O)c3ccccc3SCC(=O)Nc3ccc(F)cc3)n2)cc1. The van der Waals surface area contributed by atoms with E-state index in [2.05, 4.69) is 15.6 Å². The Morgan fingerprint density at radius 1 is 1.00 bits per heavy atom. The number of rotatable bonds is 8. The lowest BCUT2D eigenvalue weighted by atomic mass is 10.2. The van der Waals surface area contributed by atoms with Gasteiger partial charge in [-0.3, -0.25) is 14.9 Å². The van der Waals surface area contributed by atoms with Crippen LogP contribution in [0.2, 0.25) is 0 Å². The minimum atomic E-state index is -0.372. The molecule has 0 spiro atoms. The average Bonchev–Trinajstić information content (AvgIpc) is 3.33. The molecule has 0 aliphatic heterocycles. The molecule has 2 N–H and O–H groups in total. The number of thiazole rings is 1. The number of amides is 2. The van der Waals surface area contributed by atoms with Crippen LogP contribution in [0.25, 0.3) is 11.3 Å². The Morgan fingerprint density at radius 2 is 1.74 bits per heavy atom. The molecule has 4 aromatic rings. The second-order valence-corrected chi connectivity index (χ2v) is 8.94. The predicted octanol–water partition coefficient (Wildman–Crippen LogP) is 5.94. The molecule has 0 unspecified atom stereocenters. The first-order chi connectivity index (χ1) is 16.5. The number of aromatic nitrogens is 1. The van der Waals surface area contributed by atoms with E-state index in [0.29, 0.717) is 21.3 Å². The number of carbonyl (C=O) groups excluding carboxylic acids is 2. The van der Waals surface area contributed by atoms with E-state index >= 15 is 0 Å². The Bertz CT molecular complexity index is 1290. The van der Waals surface area contributed by atoms with Gasteiger partial charge in [-0.25, -0.2) is 9.37 Å². The van der Waals surface area contributed by atoms with Crippen LogP contribution < -0.4 is 15.4 Å². The number of thioether (sulfide) groups is 1. The Labute approximate surface area is 204 Å². The number of methoxy groups -OCH3 is 1. The molecule has 3 aromatic carbocycles. The van der Waals surface area contributed by atoms with Crippen molar-refractivity contribution >= 4 is 45.7 Å². The van der Waals surface area contributed by atoms with E-state index in [1.165, 1.54) is 47.4 Å². The van der Waals surface area contributed by atoms with E-state index in [0.717, 1.165) is 17.0 Å². The number of nitrogens with zero attached hydrogens (tertiary/aromatic N) is 1. The van der Waals surface area contributed by atoms with Gasteiger partial charge >= 0.3 is 0 Å². The largest absolute Gasteiger partial charge is 0.497 e. The highest BCUT2D eigenvalue weighted by Crippen LogP contribution is 2.28. The summed E-state index contributed by atoms with van der Waals surface area (Å²) in [6.45, 7) is 0. The van der Waals surface area contributed by atoms with Crippen molar-refractivity contribution in [3.05, 3.63) is 89.6 Å². The number of ether oxygens (including phenoxy) is 1. The molecule has 2 amide bonds. The molecule has 0 fully saturated rings. The molecule has 1 heterocycles. The van der Waals surface area contributed by atoms with Crippen molar-refractivity contribution in [1.82, 2.24) is 4.98 Å². The highest BCUT2D eigenvalue weighted by Gasteiger charge is 2.15. The van der Waals surface area contributed by atoms with Crippen molar-refractivity contribution < 1.29 is 18.7 Å². The first-order valence-electron chi connectivity index (χ1n) is 10.2.